The number of carbonyl (C=O) groups excluding carboxylic acids is 2. The van der Waals surface area contributed by atoms with Crippen molar-refractivity contribution >= 4 is 34.2 Å². The number of benzene rings is 2. The van der Waals surface area contributed by atoms with Crippen molar-refractivity contribution in [2.75, 3.05) is 11.9 Å². The molecule has 44 heavy (non-hydrogen) atoms. The number of hydrogen-bond acceptors (Lipinski definition) is 10. The minimum Gasteiger partial charge on any atom is -0.489 e. The van der Waals surface area contributed by atoms with Crippen molar-refractivity contribution in [2.45, 2.75) is 37.7 Å². The molecule has 1 amide bonds. The highest BCUT2D eigenvalue weighted by molar-refractivity contribution is 6.03. The summed E-state index contributed by atoms with van der Waals surface area (Å²) in [4.78, 5) is 47.2. The van der Waals surface area contributed by atoms with Crippen molar-refractivity contribution in [1.29, 1.82) is 0 Å². The molecule has 0 aliphatic carbocycles. The molecule has 2 atom stereocenters. The predicted molar refractivity (Wildman–Crippen MR) is 160 cm³/mol. The number of nitrogens with two attached hydrogens (primary N) is 1. The summed E-state index contributed by atoms with van der Waals surface area (Å²) in [6.45, 7) is 3.21. The average Bonchev–Trinajstić information content (AvgIpc) is 3.38. The van der Waals surface area contributed by atoms with Gasteiger partial charge in [-0.2, -0.15) is 0 Å². The number of anilines is 2. The van der Waals surface area contributed by atoms with Crippen molar-refractivity contribution in [3.63, 3.8) is 0 Å². The van der Waals surface area contributed by atoms with Gasteiger partial charge in [0.1, 0.15) is 47.5 Å². The largest absolute Gasteiger partial charge is 0.489 e. The number of rotatable bonds is 9. The van der Waals surface area contributed by atoms with Crippen LogP contribution in [0.25, 0.3) is 22.2 Å². The molecule has 4 heterocycles. The van der Waals surface area contributed by atoms with Crippen LogP contribution in [-0.4, -0.2) is 48.3 Å². The van der Waals surface area contributed by atoms with Crippen molar-refractivity contribution in [3.05, 3.63) is 96.1 Å². The summed E-state index contributed by atoms with van der Waals surface area (Å²) in [5, 5.41) is 15.5. The number of aromatic nitrogens is 5. The molecule has 0 saturated heterocycles. The Morgan fingerprint density at radius 3 is 2.59 bits per heavy atom. The summed E-state index contributed by atoms with van der Waals surface area (Å²) >= 11 is 0. The van der Waals surface area contributed by atoms with Crippen LogP contribution in [-0.2, 0) is 15.8 Å². The molecular weight excluding hydrogens is 565 g/mol. The predicted octanol–water partition coefficient (Wildman–Crippen LogP) is 4.37. The number of nitrogens with one attached hydrogen (secondary N) is 1. The Bertz CT molecular complexity index is 1900. The quantitative estimate of drug-likeness (QED) is 0.209. The molecular formula is C32H28FN7O4. The molecule has 0 fully saturated rings. The van der Waals surface area contributed by atoms with Crippen LogP contribution < -0.4 is 15.8 Å². The highest BCUT2D eigenvalue weighted by Crippen LogP contribution is 2.46. The second-order valence-corrected chi connectivity index (χ2v) is 11.1. The summed E-state index contributed by atoms with van der Waals surface area (Å²) in [5.74, 6) is -0.603. The van der Waals surface area contributed by atoms with E-state index in [9.17, 15) is 19.1 Å². The maximum absolute atomic E-state index is 13.7. The fourth-order valence-electron chi connectivity index (χ4n) is 5.17. The Morgan fingerprint density at radius 2 is 1.86 bits per heavy atom. The zero-order valence-corrected chi connectivity index (χ0v) is 23.9. The second kappa shape index (κ2) is 11.0. The number of aliphatic hydroxyl groups is 1. The molecule has 4 N–H and O–H groups in total. The molecule has 0 bridgehead atoms. The van der Waals surface area contributed by atoms with Crippen LogP contribution in [0.3, 0.4) is 0 Å². The van der Waals surface area contributed by atoms with Crippen molar-refractivity contribution in [3.8, 4) is 17.0 Å². The first kappa shape index (κ1) is 28.7. The van der Waals surface area contributed by atoms with Gasteiger partial charge in [0, 0.05) is 34.7 Å². The summed E-state index contributed by atoms with van der Waals surface area (Å²) in [6, 6.07) is 14.3. The van der Waals surface area contributed by atoms with Crippen LogP contribution in [0.2, 0.25) is 0 Å². The first-order valence-electron chi connectivity index (χ1n) is 13.8. The highest BCUT2D eigenvalue weighted by Gasteiger charge is 2.45. The van der Waals surface area contributed by atoms with E-state index >= 15 is 0 Å². The van der Waals surface area contributed by atoms with E-state index in [1.807, 2.05) is 6.07 Å². The van der Waals surface area contributed by atoms with Gasteiger partial charge in [-0.25, -0.2) is 24.3 Å². The molecule has 0 spiro atoms. The summed E-state index contributed by atoms with van der Waals surface area (Å²) in [5.41, 5.74) is 6.14. The lowest BCUT2D eigenvalue weighted by atomic mass is 9.81. The number of Topliss-reactive ketones (excluding diaryl/α,β-unsaturated/α-hetero) is 1. The highest BCUT2D eigenvalue weighted by atomic mass is 19.1. The molecule has 1 aliphatic heterocycles. The van der Waals surface area contributed by atoms with Gasteiger partial charge >= 0.3 is 0 Å². The normalized spacial score (nSPS) is 17.0. The first-order valence-corrected chi connectivity index (χ1v) is 13.8. The van der Waals surface area contributed by atoms with Crippen LogP contribution in [0.5, 0.6) is 5.75 Å². The molecule has 1 aliphatic rings. The molecule has 6 rings (SSSR count). The van der Waals surface area contributed by atoms with Crippen molar-refractivity contribution < 1.29 is 23.8 Å². The Kier molecular flexibility index (Phi) is 7.22. The van der Waals surface area contributed by atoms with Gasteiger partial charge in [0.15, 0.2) is 5.78 Å². The van der Waals surface area contributed by atoms with E-state index < -0.39 is 22.7 Å². The number of primary amides is 1. The summed E-state index contributed by atoms with van der Waals surface area (Å²) in [7, 11) is 0. The molecule has 0 saturated carbocycles. The second-order valence-electron chi connectivity index (χ2n) is 11.1. The lowest BCUT2D eigenvalue weighted by molar-refractivity contribution is -0.123. The third kappa shape index (κ3) is 5.31. The Hall–Kier alpha value is -5.36. The third-order valence-electron chi connectivity index (χ3n) is 7.89. The van der Waals surface area contributed by atoms with Gasteiger partial charge < -0.3 is 20.9 Å². The molecule has 0 unspecified atom stereocenters. The number of halogens is 1. The molecule has 5 aromatic rings. The van der Waals surface area contributed by atoms with E-state index in [0.29, 0.717) is 45.3 Å². The Labute approximate surface area is 251 Å². The number of amides is 1. The van der Waals surface area contributed by atoms with Gasteiger partial charge in [-0.3, -0.25) is 14.6 Å². The number of pyridine rings is 2. The minimum atomic E-state index is -1.59. The van der Waals surface area contributed by atoms with Gasteiger partial charge in [0.05, 0.1) is 16.9 Å². The van der Waals surface area contributed by atoms with E-state index in [1.165, 1.54) is 24.8 Å². The summed E-state index contributed by atoms with van der Waals surface area (Å²) in [6.07, 6.45) is 4.34. The average molecular weight is 594 g/mol. The number of ketones is 1. The number of fused-ring (bicyclic) bond motifs is 2. The minimum absolute atomic E-state index is 0.00462. The lowest BCUT2D eigenvalue weighted by Gasteiger charge is -2.26. The van der Waals surface area contributed by atoms with E-state index in [1.54, 1.807) is 56.4 Å². The molecule has 0 radical (unpaired) electrons. The van der Waals surface area contributed by atoms with E-state index in [-0.39, 0.29) is 30.9 Å². The third-order valence-corrected chi connectivity index (χ3v) is 7.89. The van der Waals surface area contributed by atoms with Gasteiger partial charge in [0.25, 0.3) is 0 Å². The molecule has 2 aromatic carbocycles. The van der Waals surface area contributed by atoms with Crippen LogP contribution in [0.15, 0.2) is 73.4 Å². The fraction of sp³-hybridized carbons (Fsp3) is 0.219. The van der Waals surface area contributed by atoms with Crippen LogP contribution in [0.1, 0.15) is 48.3 Å². The zero-order valence-electron chi connectivity index (χ0n) is 23.9. The van der Waals surface area contributed by atoms with Crippen LogP contribution >= 0.6 is 0 Å². The van der Waals surface area contributed by atoms with E-state index in [4.69, 9.17) is 15.5 Å². The van der Waals surface area contributed by atoms with Gasteiger partial charge in [-0.05, 0) is 68.8 Å². The van der Waals surface area contributed by atoms with Gasteiger partial charge in [0.2, 0.25) is 11.9 Å². The van der Waals surface area contributed by atoms with Crippen LogP contribution in [0.4, 0.5) is 16.0 Å². The van der Waals surface area contributed by atoms with Gasteiger partial charge in [-0.1, -0.05) is 6.07 Å². The topological polar surface area (TPSA) is 166 Å². The van der Waals surface area contributed by atoms with E-state index in [0.717, 1.165) is 5.39 Å². The number of nitrogens with zero attached hydrogens (tertiary/aromatic N) is 5. The first-order chi connectivity index (χ1) is 21.0. The maximum Gasteiger partial charge on any atom is 0.231 e. The van der Waals surface area contributed by atoms with Crippen molar-refractivity contribution in [2.24, 2.45) is 5.73 Å². The lowest BCUT2D eigenvalue weighted by Crippen LogP contribution is -2.40. The maximum atomic E-state index is 13.7. The number of hydrogen-bond donors (Lipinski definition) is 3. The van der Waals surface area contributed by atoms with Crippen molar-refractivity contribution in [1.82, 2.24) is 24.9 Å². The standard InChI is InChI=1S/C32H28FN7O4/c1-31(29(34)42)15-44-28-22(31)14-25(40-27(28)18-5-7-21(33)8-6-18)32(2,43)10-9-24(41)20-12-19-4-3-11-36-26(19)23(13-20)39-30-37-16-35-17-38-30/h3-8,11-14,16-17,43H,9-10,15H2,1-2H3,(H2,34,42)(H,35,37,38,39)/t31-,32-/m0/s1. The number of carbonyl (C=O) groups is 2. The molecule has 222 valence electrons. The summed E-state index contributed by atoms with van der Waals surface area (Å²) < 4.78 is 19.6. The Morgan fingerprint density at radius 1 is 1.11 bits per heavy atom. The smallest absolute Gasteiger partial charge is 0.231 e. The van der Waals surface area contributed by atoms with Gasteiger partial charge in [-0.15, -0.1) is 0 Å². The van der Waals surface area contributed by atoms with Crippen LogP contribution in [0, 0.1) is 5.82 Å². The molecule has 12 heteroatoms. The molecule has 11 nitrogen and oxygen atoms in total. The monoisotopic (exact) mass is 593 g/mol. The fourth-order valence-corrected chi connectivity index (χ4v) is 5.17. The Balaban J connectivity index is 1.32. The number of ether oxygens (including phenoxy) is 1. The zero-order chi connectivity index (χ0) is 31.1. The molecule has 3 aromatic heterocycles. The SMILES string of the molecule is C[C@](O)(CCC(=O)c1cc(Nc2ncncn2)c2ncccc2c1)c1cc2c(c(-c3ccc(F)cc3)n1)OC[C@]2(C)C(N)=O. The van der Waals surface area contributed by atoms with E-state index in [2.05, 4.69) is 25.3 Å².